The number of amides is 2. The molecule has 240 valence electrons. The molecule has 13 heteroatoms. The minimum absolute atomic E-state index is 0.00585. The third-order valence-corrected chi connectivity index (χ3v) is 13.9. The number of benzene rings is 3. The Balaban J connectivity index is 1.21. The van der Waals surface area contributed by atoms with Gasteiger partial charge >= 0.3 is 6.09 Å². The minimum Gasteiger partial charge on any atom is -0.443 e. The molecule has 1 aromatic heterocycles. The number of thiazole rings is 1. The molecule has 1 fully saturated rings. The quantitative estimate of drug-likeness (QED) is 0.141. The second-order valence-electron chi connectivity index (χ2n) is 12.0. The molecule has 0 aliphatic carbocycles. The molecule has 0 atom stereocenters. The molecule has 0 unspecified atom stereocenters. The number of carbonyl (C=O) groups excluding carboxylic acids is 2. The first kappa shape index (κ1) is 32.8. The average molecular weight is 660 g/mol. The Bertz CT molecular complexity index is 1620. The van der Waals surface area contributed by atoms with E-state index in [1.807, 2.05) is 12.1 Å². The third-order valence-electron chi connectivity index (χ3n) is 7.89. The highest BCUT2D eigenvalue weighted by molar-refractivity contribution is 7.14. The number of ether oxygens (including phenoxy) is 1. The van der Waals surface area contributed by atoms with Crippen molar-refractivity contribution >= 4 is 52.8 Å². The number of nitrogens with zero attached hydrogens (tertiary/aromatic N) is 4. The molecule has 0 spiro atoms. The van der Waals surface area contributed by atoms with Gasteiger partial charge in [-0.05, 0) is 40.0 Å². The Labute approximate surface area is 273 Å². The van der Waals surface area contributed by atoms with Gasteiger partial charge < -0.3 is 14.1 Å². The molecule has 11 nitrogen and oxygen atoms in total. The van der Waals surface area contributed by atoms with Gasteiger partial charge in [0, 0.05) is 37.1 Å². The predicted octanol–water partition coefficient (Wildman–Crippen LogP) is 5.12. The lowest BCUT2D eigenvalue weighted by molar-refractivity contribution is -0.384. The van der Waals surface area contributed by atoms with Crippen molar-refractivity contribution in [2.75, 3.05) is 24.5 Å². The minimum atomic E-state index is -2.68. The first-order valence-corrected chi connectivity index (χ1v) is 17.8. The highest BCUT2D eigenvalue weighted by Gasteiger charge is 2.52. The number of nitro groups is 1. The van der Waals surface area contributed by atoms with Crippen LogP contribution in [0.25, 0.3) is 0 Å². The summed E-state index contributed by atoms with van der Waals surface area (Å²) in [7, 11) is -2.68. The van der Waals surface area contributed by atoms with Crippen molar-refractivity contribution in [1.29, 1.82) is 0 Å². The van der Waals surface area contributed by atoms with Crippen LogP contribution in [0.3, 0.4) is 0 Å². The fourth-order valence-corrected chi connectivity index (χ4v) is 11.0. The number of hydrazine groups is 1. The third kappa shape index (κ3) is 6.96. The lowest BCUT2D eigenvalue weighted by Crippen LogP contribution is -2.70. The number of nitrogens with one attached hydrogen (secondary N) is 1. The van der Waals surface area contributed by atoms with Crippen molar-refractivity contribution in [3.05, 3.63) is 112 Å². The van der Waals surface area contributed by atoms with Gasteiger partial charge in [0.2, 0.25) is 0 Å². The van der Waals surface area contributed by atoms with Crippen molar-refractivity contribution in [2.45, 2.75) is 45.4 Å². The molecule has 1 aliphatic rings. The van der Waals surface area contributed by atoms with E-state index in [1.54, 1.807) is 12.3 Å². The lowest BCUT2D eigenvalue weighted by atomic mass is 10.2. The Morgan fingerprint density at radius 2 is 1.61 bits per heavy atom. The smallest absolute Gasteiger partial charge is 0.426 e. The summed E-state index contributed by atoms with van der Waals surface area (Å²) in [6, 6.07) is 26.7. The first-order chi connectivity index (χ1) is 22.0. The summed E-state index contributed by atoms with van der Waals surface area (Å²) in [5, 5.41) is 16.7. The second kappa shape index (κ2) is 13.8. The van der Waals surface area contributed by atoms with Gasteiger partial charge in [-0.25, -0.2) is 20.2 Å². The maximum Gasteiger partial charge on any atom is 0.426 e. The summed E-state index contributed by atoms with van der Waals surface area (Å²) in [5.74, 6) is -0.460. The van der Waals surface area contributed by atoms with Crippen LogP contribution >= 0.6 is 11.3 Å². The van der Waals surface area contributed by atoms with Crippen LogP contribution in [0, 0.1) is 10.1 Å². The molecule has 5 rings (SSSR count). The zero-order chi connectivity index (χ0) is 32.9. The molecule has 4 aromatic rings. The second-order valence-corrected chi connectivity index (χ2v) is 17.1. The van der Waals surface area contributed by atoms with Crippen molar-refractivity contribution in [3.8, 4) is 0 Å². The summed E-state index contributed by atoms with van der Waals surface area (Å²) in [6.45, 7) is 9.88. The van der Waals surface area contributed by atoms with E-state index in [1.165, 1.54) is 46.0 Å². The van der Waals surface area contributed by atoms with E-state index < -0.39 is 25.2 Å². The van der Waals surface area contributed by atoms with Crippen molar-refractivity contribution in [3.63, 3.8) is 0 Å². The number of nitro benzene ring substituents is 1. The van der Waals surface area contributed by atoms with Gasteiger partial charge in [-0.3, -0.25) is 14.9 Å². The summed E-state index contributed by atoms with van der Waals surface area (Å²) < 4.78 is 12.4. The van der Waals surface area contributed by atoms with Gasteiger partial charge in [0.15, 0.2) is 5.13 Å². The van der Waals surface area contributed by atoms with Gasteiger partial charge in [0.05, 0.1) is 11.0 Å². The molecular formula is C33H37N5O6SSi. The fourth-order valence-electron chi connectivity index (χ4n) is 5.53. The molecule has 0 saturated carbocycles. The highest BCUT2D eigenvalue weighted by Crippen LogP contribution is 2.39. The molecule has 2 amide bonds. The van der Waals surface area contributed by atoms with E-state index in [0.717, 1.165) is 5.01 Å². The summed E-state index contributed by atoms with van der Waals surface area (Å²) >= 11 is 1.37. The standard InChI is InChI=1S/C33H37N5O6SSi/c1-5-37(35-32(40)43-22-24-16-18-25(19-17-24)38(41)42)30(39)29-23-45-31(34-29)36-20-26(21-36)44-46(33(2,3)4,27-12-8-6-9-13-27)28-14-10-7-11-15-28/h6-19,23,26H,5,20-22H2,1-4H3,(H,35,40). The van der Waals surface area contributed by atoms with E-state index in [9.17, 15) is 19.7 Å². The lowest BCUT2D eigenvalue weighted by Gasteiger charge is -2.49. The van der Waals surface area contributed by atoms with Gasteiger partial charge in [0.1, 0.15) is 12.3 Å². The Morgan fingerprint density at radius 3 is 2.13 bits per heavy atom. The summed E-state index contributed by atoms with van der Waals surface area (Å²) in [6.07, 6.45) is -0.830. The zero-order valence-corrected chi connectivity index (χ0v) is 28.0. The van der Waals surface area contributed by atoms with E-state index in [0.29, 0.717) is 23.8 Å². The largest absolute Gasteiger partial charge is 0.443 e. The number of hydrogen-bond donors (Lipinski definition) is 1. The van der Waals surface area contributed by atoms with Crippen LogP contribution in [0.2, 0.25) is 5.04 Å². The van der Waals surface area contributed by atoms with Crippen LogP contribution in [0.4, 0.5) is 15.6 Å². The van der Waals surface area contributed by atoms with E-state index in [-0.39, 0.29) is 35.7 Å². The molecule has 1 N–H and O–H groups in total. The first-order valence-electron chi connectivity index (χ1n) is 15.0. The molecule has 0 bridgehead atoms. The molecule has 0 radical (unpaired) electrons. The van der Waals surface area contributed by atoms with E-state index in [2.05, 4.69) is 84.6 Å². The monoisotopic (exact) mass is 659 g/mol. The van der Waals surface area contributed by atoms with Crippen LogP contribution in [-0.4, -0.2) is 61.0 Å². The molecule has 3 aromatic carbocycles. The van der Waals surface area contributed by atoms with E-state index >= 15 is 0 Å². The SMILES string of the molecule is CCN(NC(=O)OCc1ccc([N+](=O)[O-])cc1)C(=O)c1csc(N2CC(O[Si](c3ccccc3)(c3ccccc3)C(C)(C)C)C2)n1. The molecular weight excluding hydrogens is 623 g/mol. The zero-order valence-electron chi connectivity index (χ0n) is 26.2. The molecule has 1 saturated heterocycles. The molecule has 46 heavy (non-hydrogen) atoms. The summed E-state index contributed by atoms with van der Waals surface area (Å²) in [4.78, 5) is 42.6. The highest BCUT2D eigenvalue weighted by atomic mass is 32.1. The maximum atomic E-state index is 13.2. The Kier molecular flexibility index (Phi) is 9.84. The van der Waals surface area contributed by atoms with Gasteiger partial charge in [0.25, 0.3) is 19.9 Å². The van der Waals surface area contributed by atoms with Crippen molar-refractivity contribution in [1.82, 2.24) is 15.4 Å². The number of carbonyl (C=O) groups is 2. The van der Waals surface area contributed by atoms with Gasteiger partial charge in [-0.2, -0.15) is 0 Å². The normalized spacial score (nSPS) is 13.5. The van der Waals surface area contributed by atoms with Crippen LogP contribution in [-0.2, 0) is 15.8 Å². The fraction of sp³-hybridized carbons (Fsp3) is 0.303. The van der Waals surface area contributed by atoms with Crippen molar-refractivity contribution < 1.29 is 23.7 Å². The number of rotatable bonds is 10. The van der Waals surface area contributed by atoms with Crippen LogP contribution in [0.5, 0.6) is 0 Å². The Hall–Kier alpha value is -4.59. The average Bonchev–Trinajstić information content (AvgIpc) is 3.52. The number of hydrogen-bond acceptors (Lipinski definition) is 9. The van der Waals surface area contributed by atoms with Gasteiger partial charge in [-0.15, -0.1) is 11.3 Å². The van der Waals surface area contributed by atoms with E-state index in [4.69, 9.17) is 9.16 Å². The van der Waals surface area contributed by atoms with Crippen molar-refractivity contribution in [2.24, 2.45) is 0 Å². The van der Waals surface area contributed by atoms with Gasteiger partial charge in [-0.1, -0.05) is 81.4 Å². The topological polar surface area (TPSA) is 127 Å². The van der Waals surface area contributed by atoms with Crippen LogP contribution < -0.4 is 20.7 Å². The van der Waals surface area contributed by atoms with Crippen LogP contribution in [0.15, 0.2) is 90.3 Å². The number of anilines is 1. The molecule has 2 heterocycles. The van der Waals surface area contributed by atoms with Crippen LogP contribution in [0.1, 0.15) is 43.7 Å². The number of aromatic nitrogens is 1. The predicted molar refractivity (Wildman–Crippen MR) is 180 cm³/mol. The number of non-ortho nitro benzene ring substituents is 1. The Morgan fingerprint density at radius 1 is 1.02 bits per heavy atom. The maximum absolute atomic E-state index is 13.2. The summed E-state index contributed by atoms with van der Waals surface area (Å²) in [5.41, 5.74) is 3.19. The molecule has 1 aliphatic heterocycles.